The van der Waals surface area contributed by atoms with Crippen molar-refractivity contribution in [3.8, 4) is 17.2 Å². The summed E-state index contributed by atoms with van der Waals surface area (Å²) in [6, 6.07) is 21.7. The van der Waals surface area contributed by atoms with E-state index in [0.717, 1.165) is 16.7 Å². The van der Waals surface area contributed by atoms with E-state index in [4.69, 9.17) is 9.47 Å². The van der Waals surface area contributed by atoms with Gasteiger partial charge in [0.15, 0.2) is 5.78 Å². The number of anilines is 1. The predicted molar refractivity (Wildman–Crippen MR) is 126 cm³/mol. The molecule has 168 valence electrons. The number of amides is 2. The smallest absolute Gasteiger partial charge is 0.319 e. The number of nitrogens with one attached hydrogen (secondary N) is 2. The van der Waals surface area contributed by atoms with Gasteiger partial charge < -0.3 is 20.1 Å². The normalized spacial score (nSPS) is 10.6. The fourth-order valence-corrected chi connectivity index (χ4v) is 3.23. The minimum absolute atomic E-state index is 0.0724. The maximum absolute atomic E-state index is 12.4. The van der Waals surface area contributed by atoms with E-state index in [2.05, 4.69) is 15.7 Å². The van der Waals surface area contributed by atoms with Crippen LogP contribution in [0.4, 0.5) is 10.5 Å². The van der Waals surface area contributed by atoms with Crippen LogP contribution in [0.25, 0.3) is 10.9 Å². The highest BCUT2D eigenvalue weighted by atomic mass is 16.5. The molecule has 0 aliphatic carbocycles. The van der Waals surface area contributed by atoms with Crippen LogP contribution in [0.3, 0.4) is 0 Å². The molecule has 0 aliphatic rings. The van der Waals surface area contributed by atoms with Gasteiger partial charge in [-0.15, -0.1) is 0 Å². The topological polar surface area (TPSA) is 94.5 Å². The zero-order valence-electron chi connectivity index (χ0n) is 18.2. The van der Waals surface area contributed by atoms with Gasteiger partial charge in [0, 0.05) is 17.6 Å². The largest absolute Gasteiger partial charge is 0.486 e. The summed E-state index contributed by atoms with van der Waals surface area (Å²) in [5, 5.41) is 10.6. The van der Waals surface area contributed by atoms with Crippen molar-refractivity contribution >= 4 is 28.4 Å². The highest BCUT2D eigenvalue weighted by Crippen LogP contribution is 2.23. The third-order valence-corrected chi connectivity index (χ3v) is 4.77. The third-order valence-electron chi connectivity index (χ3n) is 4.77. The molecule has 0 radical (unpaired) electrons. The molecule has 0 unspecified atom stereocenters. The summed E-state index contributed by atoms with van der Waals surface area (Å²) in [7, 11) is 0. The molecule has 0 spiro atoms. The zero-order valence-corrected chi connectivity index (χ0v) is 18.2. The van der Waals surface area contributed by atoms with Gasteiger partial charge in [0.05, 0.1) is 11.7 Å². The van der Waals surface area contributed by atoms with Crippen molar-refractivity contribution in [3.63, 3.8) is 0 Å². The maximum Gasteiger partial charge on any atom is 0.319 e. The van der Waals surface area contributed by atoms with Crippen molar-refractivity contribution in [2.75, 3.05) is 18.5 Å². The molecule has 1 heterocycles. The number of nitrogens with zero attached hydrogens (tertiary/aromatic N) is 2. The van der Waals surface area contributed by atoms with E-state index in [9.17, 15) is 9.59 Å². The second-order valence-corrected chi connectivity index (χ2v) is 7.27. The van der Waals surface area contributed by atoms with Gasteiger partial charge in [-0.25, -0.2) is 4.79 Å². The van der Waals surface area contributed by atoms with Crippen molar-refractivity contribution in [2.24, 2.45) is 0 Å². The fraction of sp³-hybridized carbons (Fsp3) is 0.160. The average Bonchev–Trinajstić information content (AvgIpc) is 3.21. The van der Waals surface area contributed by atoms with Gasteiger partial charge in [-0.1, -0.05) is 18.2 Å². The monoisotopic (exact) mass is 444 g/mol. The van der Waals surface area contributed by atoms with Gasteiger partial charge in [0.25, 0.3) is 0 Å². The van der Waals surface area contributed by atoms with Crippen LogP contribution in [0.1, 0.15) is 6.92 Å². The van der Waals surface area contributed by atoms with Crippen molar-refractivity contribution in [1.82, 2.24) is 15.1 Å². The number of Topliss-reactive ketones (excluding diaryl/α,β-unsaturated/α-hetero) is 1. The second kappa shape index (κ2) is 10.3. The number of urea groups is 1. The number of benzene rings is 3. The Balaban J connectivity index is 1.31. The Labute approximate surface area is 191 Å². The molecule has 8 heteroatoms. The first-order chi connectivity index (χ1) is 16.1. The lowest BCUT2D eigenvalue weighted by atomic mass is 10.2. The highest BCUT2D eigenvalue weighted by Gasteiger charge is 2.10. The molecule has 3 aromatic carbocycles. The number of hydrogen-bond donors (Lipinski definition) is 2. The first-order valence-electron chi connectivity index (χ1n) is 10.6. The van der Waals surface area contributed by atoms with Gasteiger partial charge in [0.1, 0.15) is 30.4 Å². The molecule has 0 fully saturated rings. The molecule has 4 rings (SSSR count). The van der Waals surface area contributed by atoms with Crippen LogP contribution in [0.15, 0.2) is 79.0 Å². The summed E-state index contributed by atoms with van der Waals surface area (Å²) in [4.78, 5) is 24.1. The number of hydrogen-bond acceptors (Lipinski definition) is 5. The third kappa shape index (κ3) is 5.88. The molecule has 0 saturated carbocycles. The van der Waals surface area contributed by atoms with Gasteiger partial charge in [0.2, 0.25) is 0 Å². The molecule has 2 N–H and O–H groups in total. The molecular weight excluding hydrogens is 420 g/mol. The zero-order chi connectivity index (χ0) is 23.0. The maximum atomic E-state index is 12.4. The van der Waals surface area contributed by atoms with E-state index >= 15 is 0 Å². The van der Waals surface area contributed by atoms with Crippen molar-refractivity contribution in [2.45, 2.75) is 13.5 Å². The summed E-state index contributed by atoms with van der Waals surface area (Å²) >= 11 is 0. The number of carbonyl (C=O) groups is 2. The van der Waals surface area contributed by atoms with Crippen molar-refractivity contribution in [3.05, 3.63) is 79.0 Å². The van der Waals surface area contributed by atoms with Crippen LogP contribution in [0.5, 0.6) is 17.2 Å². The molecule has 4 aromatic rings. The predicted octanol–water partition coefficient (Wildman–Crippen LogP) is 4.62. The molecule has 0 aliphatic heterocycles. The summed E-state index contributed by atoms with van der Waals surface area (Å²) < 4.78 is 13.0. The molecule has 0 atom stereocenters. The van der Waals surface area contributed by atoms with Crippen LogP contribution in [-0.4, -0.2) is 34.7 Å². The first-order valence-corrected chi connectivity index (χ1v) is 10.6. The standard InChI is InChI=1S/C25H24N4O4/c1-2-26-25(31)28-19-8-13-24-18(14-19)15-27-29(24)16-20(30)17-32-21-9-11-23(12-10-21)33-22-6-4-3-5-7-22/h3-15H,2,16-17H2,1H3,(H2,26,28,31). The van der Waals surface area contributed by atoms with Crippen LogP contribution >= 0.6 is 0 Å². The summed E-state index contributed by atoms with van der Waals surface area (Å²) in [5.41, 5.74) is 1.45. The van der Waals surface area contributed by atoms with E-state index in [1.165, 1.54) is 0 Å². The van der Waals surface area contributed by atoms with Crippen LogP contribution in [0, 0.1) is 0 Å². The van der Waals surface area contributed by atoms with E-state index in [1.807, 2.05) is 49.4 Å². The Morgan fingerprint density at radius 2 is 1.67 bits per heavy atom. The Hall–Kier alpha value is -4.33. The summed E-state index contributed by atoms with van der Waals surface area (Å²) in [6.07, 6.45) is 1.66. The quantitative estimate of drug-likeness (QED) is 0.393. The van der Waals surface area contributed by atoms with E-state index in [-0.39, 0.29) is 25.0 Å². The molecule has 8 nitrogen and oxygen atoms in total. The number of rotatable bonds is 9. The molecule has 0 saturated heterocycles. The minimum atomic E-state index is -0.267. The number of para-hydroxylation sites is 1. The average molecular weight is 444 g/mol. The molecule has 0 bridgehead atoms. The Kier molecular flexibility index (Phi) is 6.84. The molecule has 1 aromatic heterocycles. The van der Waals surface area contributed by atoms with Gasteiger partial charge in [-0.3, -0.25) is 9.48 Å². The van der Waals surface area contributed by atoms with E-state index in [1.54, 1.807) is 41.2 Å². The SMILES string of the molecule is CCNC(=O)Nc1ccc2c(cnn2CC(=O)COc2ccc(Oc3ccccc3)cc2)c1. The van der Waals surface area contributed by atoms with Crippen LogP contribution < -0.4 is 20.1 Å². The first kappa shape index (κ1) is 21.9. The number of aromatic nitrogens is 2. The van der Waals surface area contributed by atoms with Gasteiger partial charge >= 0.3 is 6.03 Å². The number of fused-ring (bicyclic) bond motifs is 1. The lowest BCUT2D eigenvalue weighted by Crippen LogP contribution is -2.28. The highest BCUT2D eigenvalue weighted by molar-refractivity contribution is 5.93. The summed E-state index contributed by atoms with van der Waals surface area (Å²) in [5.74, 6) is 1.90. The Bertz CT molecular complexity index is 1240. The Morgan fingerprint density at radius 3 is 2.42 bits per heavy atom. The number of ketones is 1. The number of carbonyl (C=O) groups excluding carboxylic acids is 2. The van der Waals surface area contributed by atoms with Crippen molar-refractivity contribution < 1.29 is 19.1 Å². The molecule has 33 heavy (non-hydrogen) atoms. The minimum Gasteiger partial charge on any atom is -0.486 e. The van der Waals surface area contributed by atoms with Crippen molar-refractivity contribution in [1.29, 1.82) is 0 Å². The fourth-order valence-electron chi connectivity index (χ4n) is 3.23. The van der Waals surface area contributed by atoms with Crippen LogP contribution in [-0.2, 0) is 11.3 Å². The van der Waals surface area contributed by atoms with Gasteiger partial charge in [-0.2, -0.15) is 5.10 Å². The molecule has 2 amide bonds. The van der Waals surface area contributed by atoms with E-state index in [0.29, 0.717) is 23.7 Å². The van der Waals surface area contributed by atoms with E-state index < -0.39 is 0 Å². The number of ether oxygens (including phenoxy) is 2. The van der Waals surface area contributed by atoms with Crippen LogP contribution in [0.2, 0.25) is 0 Å². The Morgan fingerprint density at radius 1 is 0.939 bits per heavy atom. The summed E-state index contributed by atoms with van der Waals surface area (Å²) in [6.45, 7) is 2.41. The van der Waals surface area contributed by atoms with Gasteiger partial charge in [-0.05, 0) is 61.5 Å². The lowest BCUT2D eigenvalue weighted by Gasteiger charge is -2.09. The molecular formula is C25H24N4O4. The second-order valence-electron chi connectivity index (χ2n) is 7.27. The lowest BCUT2D eigenvalue weighted by molar-refractivity contribution is -0.121.